The molecule has 0 fully saturated rings. The molecule has 0 aliphatic rings. The van der Waals surface area contributed by atoms with Crippen LogP contribution in [0.5, 0.6) is 0 Å². The summed E-state index contributed by atoms with van der Waals surface area (Å²) in [5, 5.41) is 13.8. The van der Waals surface area contributed by atoms with E-state index in [1.807, 2.05) is 30.3 Å². The summed E-state index contributed by atoms with van der Waals surface area (Å²) in [5.74, 6) is 0.458. The Labute approximate surface area is 158 Å². The molecule has 3 rings (SSSR count). The third-order valence-corrected chi connectivity index (χ3v) is 6.03. The van der Waals surface area contributed by atoms with Gasteiger partial charge in [0.05, 0.1) is 20.9 Å². The third-order valence-electron chi connectivity index (χ3n) is 3.86. The van der Waals surface area contributed by atoms with Gasteiger partial charge in [0.15, 0.2) is 4.34 Å². The molecule has 0 radical (unpaired) electrons. The second-order valence-corrected chi connectivity index (χ2v) is 8.05. The minimum absolute atomic E-state index is 0.0466. The molecule has 1 heterocycles. The van der Waals surface area contributed by atoms with E-state index in [4.69, 9.17) is 0 Å². The molecule has 3 aromatic rings. The number of amides is 1. The summed E-state index contributed by atoms with van der Waals surface area (Å²) in [6, 6.07) is 14.6. The Morgan fingerprint density at radius 3 is 2.81 bits per heavy atom. The van der Waals surface area contributed by atoms with Gasteiger partial charge in [-0.15, -0.1) is 11.3 Å². The molecule has 0 aliphatic carbocycles. The first-order chi connectivity index (χ1) is 12.5. The third kappa shape index (κ3) is 4.59. The van der Waals surface area contributed by atoms with Crippen molar-refractivity contribution in [3.8, 4) is 0 Å². The van der Waals surface area contributed by atoms with E-state index in [1.165, 1.54) is 40.8 Å². The normalized spacial score (nSPS) is 12.0. The zero-order chi connectivity index (χ0) is 18.5. The number of nitro benzene ring substituents is 1. The fraction of sp³-hybridized carbons (Fsp3) is 0.222. The molecule has 1 amide bonds. The smallest absolute Gasteiger partial charge is 0.270 e. The molecule has 1 atom stereocenters. The summed E-state index contributed by atoms with van der Waals surface area (Å²) in [4.78, 5) is 26.9. The van der Waals surface area contributed by atoms with Crippen LogP contribution in [0.2, 0.25) is 0 Å². The summed E-state index contributed by atoms with van der Waals surface area (Å²) in [7, 11) is 0. The van der Waals surface area contributed by atoms with Crippen molar-refractivity contribution in [1.29, 1.82) is 0 Å². The number of aromatic nitrogens is 1. The number of nitro groups is 1. The Balaban J connectivity index is 1.52. The lowest BCUT2D eigenvalue weighted by Crippen LogP contribution is -2.28. The number of nitrogens with zero attached hydrogens (tertiary/aromatic N) is 2. The average Bonchev–Trinajstić information content (AvgIpc) is 3.07. The molecule has 134 valence electrons. The average molecular weight is 387 g/mol. The number of thioether (sulfide) groups is 1. The Hall–Kier alpha value is -2.45. The van der Waals surface area contributed by atoms with Crippen molar-refractivity contribution in [1.82, 2.24) is 10.3 Å². The Bertz CT molecular complexity index is 928. The fourth-order valence-corrected chi connectivity index (χ4v) is 4.34. The van der Waals surface area contributed by atoms with Crippen LogP contribution < -0.4 is 5.32 Å². The van der Waals surface area contributed by atoms with Crippen molar-refractivity contribution >= 4 is 44.9 Å². The Morgan fingerprint density at radius 1 is 1.31 bits per heavy atom. The number of nitrogens with one attached hydrogen (secondary N) is 1. The molecule has 0 spiro atoms. The van der Waals surface area contributed by atoms with Crippen LogP contribution in [0.25, 0.3) is 10.2 Å². The molecule has 26 heavy (non-hydrogen) atoms. The second-order valence-electron chi connectivity index (χ2n) is 5.79. The Kier molecular flexibility index (Phi) is 5.85. The molecule has 2 aromatic carbocycles. The van der Waals surface area contributed by atoms with E-state index in [0.717, 1.165) is 9.04 Å². The highest BCUT2D eigenvalue weighted by Crippen LogP contribution is 2.31. The standard InChI is InChI=1S/C18H17N3O3S2/c1-12(13-5-3-2-4-6-13)10-19-17(22)11-25-18-20-15-8-7-14(21(23)24)9-16(15)26-18/h2-9,12H,10-11H2,1H3,(H,19,22)/t12-/m1/s1. The second kappa shape index (κ2) is 8.29. The van der Waals surface area contributed by atoms with Crippen LogP contribution in [-0.2, 0) is 4.79 Å². The molecule has 1 N–H and O–H groups in total. The van der Waals surface area contributed by atoms with Gasteiger partial charge in [0, 0.05) is 18.7 Å². The minimum Gasteiger partial charge on any atom is -0.355 e. The van der Waals surface area contributed by atoms with E-state index in [9.17, 15) is 14.9 Å². The van der Waals surface area contributed by atoms with Gasteiger partial charge in [-0.2, -0.15) is 0 Å². The highest BCUT2D eigenvalue weighted by molar-refractivity contribution is 8.01. The molecule has 0 bridgehead atoms. The minimum atomic E-state index is -0.423. The lowest BCUT2D eigenvalue weighted by molar-refractivity contribution is -0.384. The highest BCUT2D eigenvalue weighted by Gasteiger charge is 2.12. The summed E-state index contributed by atoms with van der Waals surface area (Å²) < 4.78 is 1.48. The zero-order valence-electron chi connectivity index (χ0n) is 14.0. The maximum atomic E-state index is 12.1. The highest BCUT2D eigenvalue weighted by atomic mass is 32.2. The molecule has 0 aliphatic heterocycles. The van der Waals surface area contributed by atoms with Crippen LogP contribution in [0.15, 0.2) is 52.9 Å². The van der Waals surface area contributed by atoms with Crippen LogP contribution in [0.4, 0.5) is 5.69 Å². The number of carbonyl (C=O) groups is 1. The van der Waals surface area contributed by atoms with Crippen molar-refractivity contribution < 1.29 is 9.72 Å². The molecule has 8 heteroatoms. The van der Waals surface area contributed by atoms with E-state index in [0.29, 0.717) is 12.1 Å². The first-order valence-corrected chi connectivity index (χ1v) is 9.82. The largest absolute Gasteiger partial charge is 0.355 e. The summed E-state index contributed by atoms with van der Waals surface area (Å²) in [5.41, 5.74) is 1.94. The maximum absolute atomic E-state index is 12.1. The van der Waals surface area contributed by atoms with E-state index in [-0.39, 0.29) is 23.3 Å². The monoisotopic (exact) mass is 387 g/mol. The number of fused-ring (bicyclic) bond motifs is 1. The van der Waals surface area contributed by atoms with Crippen LogP contribution >= 0.6 is 23.1 Å². The molecular formula is C18H17N3O3S2. The number of non-ortho nitro benzene ring substituents is 1. The maximum Gasteiger partial charge on any atom is 0.270 e. The predicted molar refractivity (Wildman–Crippen MR) is 105 cm³/mol. The van der Waals surface area contributed by atoms with Gasteiger partial charge in [-0.3, -0.25) is 14.9 Å². The van der Waals surface area contributed by atoms with E-state index in [2.05, 4.69) is 17.2 Å². The van der Waals surface area contributed by atoms with Crippen molar-refractivity contribution in [2.45, 2.75) is 17.2 Å². The predicted octanol–water partition coefficient (Wildman–Crippen LogP) is 4.22. The van der Waals surface area contributed by atoms with Crippen molar-refractivity contribution in [3.63, 3.8) is 0 Å². The van der Waals surface area contributed by atoms with Gasteiger partial charge in [0.25, 0.3) is 5.69 Å². The van der Waals surface area contributed by atoms with Gasteiger partial charge in [0.2, 0.25) is 5.91 Å². The number of hydrogen-bond donors (Lipinski definition) is 1. The number of carbonyl (C=O) groups excluding carboxylic acids is 1. The SMILES string of the molecule is C[C@H](CNC(=O)CSc1nc2ccc([N+](=O)[O-])cc2s1)c1ccccc1. The van der Waals surface area contributed by atoms with Gasteiger partial charge >= 0.3 is 0 Å². The lowest BCUT2D eigenvalue weighted by Gasteiger charge is -2.12. The van der Waals surface area contributed by atoms with E-state index >= 15 is 0 Å². The molecule has 0 saturated heterocycles. The van der Waals surface area contributed by atoms with Crippen LogP contribution in [0, 0.1) is 10.1 Å². The topological polar surface area (TPSA) is 85.1 Å². The fourth-order valence-electron chi connectivity index (χ4n) is 2.41. The van der Waals surface area contributed by atoms with Crippen molar-refractivity contribution in [2.24, 2.45) is 0 Å². The lowest BCUT2D eigenvalue weighted by atomic mass is 10.0. The van der Waals surface area contributed by atoms with E-state index < -0.39 is 4.92 Å². The van der Waals surface area contributed by atoms with Gasteiger partial charge in [-0.1, -0.05) is 49.0 Å². The molecule has 1 aromatic heterocycles. The van der Waals surface area contributed by atoms with Crippen molar-refractivity contribution in [3.05, 3.63) is 64.2 Å². The first kappa shape index (κ1) is 18.3. The van der Waals surface area contributed by atoms with Gasteiger partial charge in [-0.05, 0) is 17.5 Å². The molecular weight excluding hydrogens is 370 g/mol. The number of rotatable bonds is 7. The van der Waals surface area contributed by atoms with Gasteiger partial charge < -0.3 is 5.32 Å². The number of thiazole rings is 1. The van der Waals surface area contributed by atoms with Crippen LogP contribution in [-0.4, -0.2) is 28.1 Å². The zero-order valence-corrected chi connectivity index (χ0v) is 15.7. The Morgan fingerprint density at radius 2 is 2.08 bits per heavy atom. The summed E-state index contributed by atoms with van der Waals surface area (Å²) in [6.45, 7) is 2.65. The number of benzene rings is 2. The first-order valence-electron chi connectivity index (χ1n) is 8.02. The molecule has 0 unspecified atom stereocenters. The van der Waals surface area contributed by atoms with Gasteiger partial charge in [-0.25, -0.2) is 4.98 Å². The van der Waals surface area contributed by atoms with Gasteiger partial charge in [0.1, 0.15) is 0 Å². The number of hydrogen-bond acceptors (Lipinski definition) is 6. The summed E-state index contributed by atoms with van der Waals surface area (Å²) in [6.07, 6.45) is 0. The molecule has 0 saturated carbocycles. The van der Waals surface area contributed by atoms with Crippen LogP contribution in [0.3, 0.4) is 0 Å². The molecule has 6 nitrogen and oxygen atoms in total. The summed E-state index contributed by atoms with van der Waals surface area (Å²) >= 11 is 2.70. The van der Waals surface area contributed by atoms with E-state index in [1.54, 1.807) is 6.07 Å². The van der Waals surface area contributed by atoms with Crippen LogP contribution in [0.1, 0.15) is 18.4 Å². The van der Waals surface area contributed by atoms with Crippen molar-refractivity contribution in [2.75, 3.05) is 12.3 Å². The quantitative estimate of drug-likeness (QED) is 0.373.